The maximum atomic E-state index is 11.7. The van der Waals surface area contributed by atoms with E-state index < -0.39 is 11.9 Å². The molecule has 0 bridgehead atoms. The van der Waals surface area contributed by atoms with Crippen LogP contribution in [0.3, 0.4) is 0 Å². The van der Waals surface area contributed by atoms with Crippen molar-refractivity contribution < 1.29 is 19.1 Å². The lowest BCUT2D eigenvalue weighted by Crippen LogP contribution is -2.15. The molecule has 8 heteroatoms. The lowest BCUT2D eigenvalue weighted by Gasteiger charge is -2.09. The van der Waals surface area contributed by atoms with Gasteiger partial charge in [0.05, 0.1) is 20.3 Å². The average molecular weight is 316 g/mol. The number of methoxy groups -OCH3 is 2. The minimum Gasteiger partial charge on any atom is -0.466 e. The molecule has 23 heavy (non-hydrogen) atoms. The third-order valence-corrected chi connectivity index (χ3v) is 3.00. The fourth-order valence-corrected chi connectivity index (χ4v) is 1.84. The Labute approximate surface area is 132 Å². The average Bonchev–Trinajstić information content (AvgIpc) is 3.00. The van der Waals surface area contributed by atoms with E-state index in [4.69, 9.17) is 0 Å². The summed E-state index contributed by atoms with van der Waals surface area (Å²) in [7, 11) is 4.30. The molecule has 0 amide bonds. The molecular weight excluding hydrogens is 300 g/mol. The zero-order chi connectivity index (χ0) is 16.8. The van der Waals surface area contributed by atoms with Crippen LogP contribution < -0.4 is 5.32 Å². The normalized spacial score (nSPS) is 11.0. The first kappa shape index (κ1) is 16.2. The van der Waals surface area contributed by atoms with Gasteiger partial charge >= 0.3 is 11.9 Å². The van der Waals surface area contributed by atoms with Crippen molar-refractivity contribution in [3.63, 3.8) is 0 Å². The number of esters is 2. The number of benzene rings is 1. The number of anilines is 1. The summed E-state index contributed by atoms with van der Waals surface area (Å²) < 4.78 is 10.9. The number of hydrogen-bond acceptors (Lipinski definition) is 7. The summed E-state index contributed by atoms with van der Waals surface area (Å²) in [6, 6.07) is 7.13. The third-order valence-electron chi connectivity index (χ3n) is 3.00. The first-order chi connectivity index (χ1) is 11.0. The molecule has 2 aromatic rings. The Morgan fingerprint density at radius 2 is 1.87 bits per heavy atom. The molecule has 0 atom stereocenters. The minimum atomic E-state index is -0.673. The van der Waals surface area contributed by atoms with Crippen molar-refractivity contribution in [3.05, 3.63) is 42.4 Å². The molecule has 0 saturated carbocycles. The van der Waals surface area contributed by atoms with E-state index in [1.54, 1.807) is 23.0 Å². The van der Waals surface area contributed by atoms with Gasteiger partial charge in [0.1, 0.15) is 12.0 Å². The van der Waals surface area contributed by atoms with Gasteiger partial charge in [0, 0.05) is 18.3 Å². The SMILES string of the molecule is COC(=O)/C=C(/Nc1ccc(-c2nncn2C)cc1)C(=O)OC. The molecule has 0 fully saturated rings. The summed E-state index contributed by atoms with van der Waals surface area (Å²) in [4.78, 5) is 23.0. The predicted molar refractivity (Wildman–Crippen MR) is 82.2 cm³/mol. The summed E-state index contributed by atoms with van der Waals surface area (Å²) in [6.07, 6.45) is 2.64. The molecule has 0 radical (unpaired) electrons. The molecule has 1 heterocycles. The molecule has 120 valence electrons. The van der Waals surface area contributed by atoms with E-state index in [9.17, 15) is 9.59 Å². The second kappa shape index (κ2) is 7.21. The quantitative estimate of drug-likeness (QED) is 0.652. The number of hydrogen-bond donors (Lipinski definition) is 1. The Hall–Kier alpha value is -3.16. The molecule has 0 aliphatic rings. The maximum absolute atomic E-state index is 11.7. The molecule has 1 aromatic carbocycles. The number of carbonyl (C=O) groups excluding carboxylic acids is 2. The third kappa shape index (κ3) is 3.94. The Morgan fingerprint density at radius 1 is 1.17 bits per heavy atom. The standard InChI is InChI=1S/C15H16N4O4/c1-19-9-16-18-14(19)10-4-6-11(7-5-10)17-12(15(21)23-3)8-13(20)22-2/h4-9,17H,1-3H3/b12-8+. The van der Waals surface area contributed by atoms with Gasteiger partial charge in [-0.3, -0.25) is 0 Å². The second-order valence-corrected chi connectivity index (χ2v) is 4.54. The monoisotopic (exact) mass is 316 g/mol. The summed E-state index contributed by atoms with van der Waals surface area (Å²) in [5.41, 5.74) is 1.45. The highest BCUT2D eigenvalue weighted by molar-refractivity contribution is 5.98. The maximum Gasteiger partial charge on any atom is 0.354 e. The zero-order valence-electron chi connectivity index (χ0n) is 12.9. The summed E-state index contributed by atoms with van der Waals surface area (Å²) in [6.45, 7) is 0. The smallest absolute Gasteiger partial charge is 0.354 e. The number of aromatic nitrogens is 3. The van der Waals surface area contributed by atoms with Crippen molar-refractivity contribution >= 4 is 17.6 Å². The van der Waals surface area contributed by atoms with Crippen molar-refractivity contribution in [2.45, 2.75) is 0 Å². The van der Waals surface area contributed by atoms with Crippen LogP contribution in [0.5, 0.6) is 0 Å². The lowest BCUT2D eigenvalue weighted by molar-refractivity contribution is -0.138. The molecule has 0 saturated heterocycles. The molecule has 8 nitrogen and oxygen atoms in total. The van der Waals surface area contributed by atoms with E-state index in [1.807, 2.05) is 19.2 Å². The van der Waals surface area contributed by atoms with E-state index in [-0.39, 0.29) is 5.70 Å². The Kier molecular flexibility index (Phi) is 5.08. The van der Waals surface area contributed by atoms with Crippen LogP contribution in [0.25, 0.3) is 11.4 Å². The first-order valence-corrected chi connectivity index (χ1v) is 6.64. The van der Waals surface area contributed by atoms with Crippen LogP contribution in [0.2, 0.25) is 0 Å². The topological polar surface area (TPSA) is 95.3 Å². The van der Waals surface area contributed by atoms with Crippen LogP contribution in [0.15, 0.2) is 42.4 Å². The van der Waals surface area contributed by atoms with E-state index in [0.29, 0.717) is 5.69 Å². The van der Waals surface area contributed by atoms with Crippen LogP contribution in [0.4, 0.5) is 5.69 Å². The van der Waals surface area contributed by atoms with E-state index >= 15 is 0 Å². The molecule has 0 unspecified atom stereocenters. The van der Waals surface area contributed by atoms with Gasteiger partial charge < -0.3 is 19.4 Å². The molecule has 2 rings (SSSR count). The largest absolute Gasteiger partial charge is 0.466 e. The summed E-state index contributed by atoms with van der Waals surface area (Å²) in [5, 5.41) is 10.7. The number of nitrogens with one attached hydrogen (secondary N) is 1. The molecule has 1 N–H and O–H groups in total. The molecule has 1 aromatic heterocycles. The number of nitrogens with zero attached hydrogens (tertiary/aromatic N) is 3. The Balaban J connectivity index is 2.21. The van der Waals surface area contributed by atoms with Gasteiger partial charge in [-0.05, 0) is 24.3 Å². The van der Waals surface area contributed by atoms with E-state index in [1.165, 1.54) is 14.2 Å². The van der Waals surface area contributed by atoms with E-state index in [0.717, 1.165) is 17.5 Å². The zero-order valence-corrected chi connectivity index (χ0v) is 12.9. The summed E-state index contributed by atoms with van der Waals surface area (Å²) in [5.74, 6) is -0.615. The van der Waals surface area contributed by atoms with Gasteiger partial charge in [-0.1, -0.05) is 0 Å². The highest BCUT2D eigenvalue weighted by Crippen LogP contribution is 2.19. The minimum absolute atomic E-state index is 0.0224. The van der Waals surface area contributed by atoms with Crippen LogP contribution in [0, 0.1) is 0 Å². The number of carbonyl (C=O) groups is 2. The molecule has 0 aliphatic heterocycles. The fraction of sp³-hybridized carbons (Fsp3) is 0.200. The van der Waals surface area contributed by atoms with Crippen LogP contribution in [0.1, 0.15) is 0 Å². The highest BCUT2D eigenvalue weighted by atomic mass is 16.5. The van der Waals surface area contributed by atoms with Crippen molar-refractivity contribution in [2.24, 2.45) is 7.05 Å². The van der Waals surface area contributed by atoms with Crippen molar-refractivity contribution in [3.8, 4) is 11.4 Å². The van der Waals surface area contributed by atoms with Crippen molar-refractivity contribution in [1.29, 1.82) is 0 Å². The molecule has 0 aliphatic carbocycles. The Morgan fingerprint density at radius 3 is 2.39 bits per heavy atom. The first-order valence-electron chi connectivity index (χ1n) is 6.64. The van der Waals surface area contributed by atoms with Gasteiger partial charge in [-0.2, -0.15) is 0 Å². The number of rotatable bonds is 5. The number of aryl methyl sites for hydroxylation is 1. The van der Waals surface area contributed by atoms with Gasteiger partial charge in [-0.15, -0.1) is 10.2 Å². The van der Waals surface area contributed by atoms with Crippen LogP contribution >= 0.6 is 0 Å². The highest BCUT2D eigenvalue weighted by Gasteiger charge is 2.13. The Bertz CT molecular complexity index is 734. The number of ether oxygens (including phenoxy) is 2. The van der Waals surface area contributed by atoms with Crippen molar-refractivity contribution in [2.75, 3.05) is 19.5 Å². The van der Waals surface area contributed by atoms with E-state index in [2.05, 4.69) is 25.0 Å². The van der Waals surface area contributed by atoms with Gasteiger partial charge in [0.15, 0.2) is 5.82 Å². The van der Waals surface area contributed by atoms with Gasteiger partial charge in [-0.25, -0.2) is 9.59 Å². The predicted octanol–water partition coefficient (Wildman–Crippen LogP) is 1.12. The van der Waals surface area contributed by atoms with Gasteiger partial charge in [0.25, 0.3) is 0 Å². The lowest BCUT2D eigenvalue weighted by atomic mass is 10.2. The second-order valence-electron chi connectivity index (χ2n) is 4.54. The molecule has 0 spiro atoms. The van der Waals surface area contributed by atoms with Crippen LogP contribution in [-0.4, -0.2) is 40.9 Å². The van der Waals surface area contributed by atoms with Gasteiger partial charge in [0.2, 0.25) is 0 Å². The molecular formula is C15H16N4O4. The van der Waals surface area contributed by atoms with Crippen LogP contribution in [-0.2, 0) is 26.1 Å². The fourth-order valence-electron chi connectivity index (χ4n) is 1.84. The van der Waals surface area contributed by atoms with Crippen molar-refractivity contribution in [1.82, 2.24) is 14.8 Å². The summed E-state index contributed by atoms with van der Waals surface area (Å²) >= 11 is 0.